The fourth-order valence-corrected chi connectivity index (χ4v) is 2.81. The van der Waals surface area contributed by atoms with Crippen molar-refractivity contribution in [1.29, 1.82) is 0 Å². The topological polar surface area (TPSA) is 70.7 Å². The molecule has 0 saturated heterocycles. The maximum absolute atomic E-state index is 12.4. The monoisotopic (exact) mass is 369 g/mol. The van der Waals surface area contributed by atoms with Crippen molar-refractivity contribution in [3.05, 3.63) is 59.7 Å². The smallest absolute Gasteiger partial charge is 0.411 e. The van der Waals surface area contributed by atoms with Crippen molar-refractivity contribution in [2.75, 3.05) is 23.9 Å². The molecular formula is C21H27N3O3. The molecule has 6 nitrogen and oxygen atoms in total. The molecule has 2 aromatic rings. The van der Waals surface area contributed by atoms with Gasteiger partial charge in [0.05, 0.1) is 7.11 Å². The van der Waals surface area contributed by atoms with Gasteiger partial charge in [-0.3, -0.25) is 10.1 Å². The largest absolute Gasteiger partial charge is 0.453 e. The van der Waals surface area contributed by atoms with Crippen LogP contribution in [0.1, 0.15) is 36.7 Å². The molecule has 2 amide bonds. The number of anilines is 2. The Morgan fingerprint density at radius 2 is 1.67 bits per heavy atom. The number of carbonyl (C=O) groups excluding carboxylic acids is 2. The zero-order valence-electron chi connectivity index (χ0n) is 16.3. The van der Waals surface area contributed by atoms with Gasteiger partial charge < -0.3 is 15.0 Å². The molecule has 2 aromatic carbocycles. The summed E-state index contributed by atoms with van der Waals surface area (Å²) in [7, 11) is 1.31. The summed E-state index contributed by atoms with van der Waals surface area (Å²) in [6.45, 7) is 7.75. The van der Waals surface area contributed by atoms with Gasteiger partial charge in [0.2, 0.25) is 0 Å². The average molecular weight is 369 g/mol. The van der Waals surface area contributed by atoms with Gasteiger partial charge in [0.25, 0.3) is 5.91 Å². The van der Waals surface area contributed by atoms with Crippen LogP contribution >= 0.6 is 0 Å². The molecule has 27 heavy (non-hydrogen) atoms. The summed E-state index contributed by atoms with van der Waals surface area (Å²) >= 11 is 0. The van der Waals surface area contributed by atoms with E-state index in [1.165, 1.54) is 7.11 Å². The lowest BCUT2D eigenvalue weighted by molar-refractivity contribution is 0.0951. The van der Waals surface area contributed by atoms with Crippen molar-refractivity contribution in [3.8, 4) is 0 Å². The molecule has 0 spiro atoms. The number of methoxy groups -OCH3 is 1. The minimum Gasteiger partial charge on any atom is -0.453 e. The summed E-state index contributed by atoms with van der Waals surface area (Å²) in [5, 5.41) is 5.49. The van der Waals surface area contributed by atoms with E-state index in [-0.39, 0.29) is 5.91 Å². The van der Waals surface area contributed by atoms with E-state index in [1.807, 2.05) is 36.4 Å². The number of hydrogen-bond donors (Lipinski definition) is 2. The third kappa shape index (κ3) is 5.74. The molecule has 0 unspecified atom stereocenters. The highest BCUT2D eigenvalue weighted by molar-refractivity contribution is 5.94. The quantitative estimate of drug-likeness (QED) is 0.773. The number of hydrogen-bond acceptors (Lipinski definition) is 4. The zero-order chi connectivity index (χ0) is 19.8. The van der Waals surface area contributed by atoms with Crippen LogP contribution in [0.15, 0.2) is 48.5 Å². The third-order valence-electron chi connectivity index (χ3n) is 4.26. The van der Waals surface area contributed by atoms with Gasteiger partial charge in [-0.1, -0.05) is 12.1 Å². The highest BCUT2D eigenvalue weighted by atomic mass is 16.5. The lowest BCUT2D eigenvalue weighted by Crippen LogP contribution is -2.30. The molecule has 2 rings (SSSR count). The summed E-state index contributed by atoms with van der Waals surface area (Å²) in [6.07, 6.45) is -0.515. The van der Waals surface area contributed by atoms with Crippen molar-refractivity contribution in [1.82, 2.24) is 5.32 Å². The second-order valence-electron chi connectivity index (χ2n) is 6.42. The molecule has 0 atom stereocenters. The Balaban J connectivity index is 1.92. The highest BCUT2D eigenvalue weighted by Crippen LogP contribution is 2.18. The Kier molecular flexibility index (Phi) is 7.23. The van der Waals surface area contributed by atoms with Crippen molar-refractivity contribution < 1.29 is 14.3 Å². The minimum absolute atomic E-state index is 0.120. The molecule has 0 saturated carbocycles. The minimum atomic E-state index is -0.515. The van der Waals surface area contributed by atoms with E-state index >= 15 is 0 Å². The van der Waals surface area contributed by atoms with Crippen molar-refractivity contribution >= 4 is 23.4 Å². The zero-order valence-corrected chi connectivity index (χ0v) is 16.3. The Morgan fingerprint density at radius 3 is 2.19 bits per heavy atom. The standard InChI is InChI=1S/C21H27N3O3/c1-5-24(15(2)3)19-12-8-17(9-13-19)20(25)22-14-16-6-10-18(11-7-16)23-21(26)27-4/h6-13,15H,5,14H2,1-4H3,(H,22,25)(H,23,26). The fraction of sp³-hybridized carbons (Fsp3) is 0.333. The van der Waals surface area contributed by atoms with Gasteiger partial charge in [0.1, 0.15) is 0 Å². The third-order valence-corrected chi connectivity index (χ3v) is 4.26. The molecule has 0 bridgehead atoms. The van der Waals surface area contributed by atoms with Crippen molar-refractivity contribution in [3.63, 3.8) is 0 Å². The molecule has 0 aromatic heterocycles. The summed E-state index contributed by atoms with van der Waals surface area (Å²) in [4.78, 5) is 25.8. The summed E-state index contributed by atoms with van der Waals surface area (Å²) < 4.78 is 4.55. The number of rotatable bonds is 7. The van der Waals surface area contributed by atoms with Gasteiger partial charge in [-0.05, 0) is 62.7 Å². The predicted molar refractivity (Wildman–Crippen MR) is 108 cm³/mol. The van der Waals surface area contributed by atoms with Crippen LogP contribution in [-0.2, 0) is 11.3 Å². The highest BCUT2D eigenvalue weighted by Gasteiger charge is 2.10. The number of amides is 2. The van der Waals surface area contributed by atoms with Gasteiger partial charge in [0.15, 0.2) is 0 Å². The van der Waals surface area contributed by atoms with E-state index in [0.29, 0.717) is 23.8 Å². The van der Waals surface area contributed by atoms with E-state index < -0.39 is 6.09 Å². The first-order valence-corrected chi connectivity index (χ1v) is 9.03. The van der Waals surface area contributed by atoms with Gasteiger partial charge in [-0.25, -0.2) is 4.79 Å². The van der Waals surface area contributed by atoms with Crippen LogP contribution in [0.3, 0.4) is 0 Å². The molecule has 0 radical (unpaired) electrons. The Morgan fingerprint density at radius 1 is 1.04 bits per heavy atom. The second-order valence-corrected chi connectivity index (χ2v) is 6.42. The average Bonchev–Trinajstić information content (AvgIpc) is 2.68. The van der Waals surface area contributed by atoms with Gasteiger partial charge in [-0.2, -0.15) is 0 Å². The van der Waals surface area contributed by atoms with Crippen molar-refractivity contribution in [2.45, 2.75) is 33.4 Å². The first kappa shape index (κ1) is 20.3. The molecule has 144 valence electrons. The van der Waals surface area contributed by atoms with E-state index in [0.717, 1.165) is 17.8 Å². The number of benzene rings is 2. The van der Waals surface area contributed by atoms with Crippen LogP contribution in [0.2, 0.25) is 0 Å². The van der Waals surface area contributed by atoms with Crippen LogP contribution in [0.5, 0.6) is 0 Å². The van der Waals surface area contributed by atoms with Crippen LogP contribution in [0.25, 0.3) is 0 Å². The predicted octanol–water partition coefficient (Wildman–Crippen LogP) is 4.03. The van der Waals surface area contributed by atoms with Crippen molar-refractivity contribution in [2.24, 2.45) is 0 Å². The molecule has 0 aliphatic carbocycles. The number of nitrogens with one attached hydrogen (secondary N) is 2. The summed E-state index contributed by atoms with van der Waals surface area (Å²) in [5.41, 5.74) is 3.31. The molecule has 6 heteroatoms. The van der Waals surface area contributed by atoms with Crippen LogP contribution < -0.4 is 15.5 Å². The number of ether oxygens (including phenoxy) is 1. The normalized spacial score (nSPS) is 10.4. The first-order chi connectivity index (χ1) is 12.9. The molecule has 0 fully saturated rings. The van der Waals surface area contributed by atoms with Crippen LogP contribution in [0.4, 0.5) is 16.2 Å². The van der Waals surface area contributed by atoms with Gasteiger partial charge >= 0.3 is 6.09 Å². The molecule has 0 aliphatic rings. The Bertz CT molecular complexity index is 755. The lowest BCUT2D eigenvalue weighted by atomic mass is 10.1. The van der Waals surface area contributed by atoms with Gasteiger partial charge in [0, 0.05) is 36.1 Å². The Hall–Kier alpha value is -3.02. The maximum Gasteiger partial charge on any atom is 0.411 e. The second kappa shape index (κ2) is 9.62. The van der Waals surface area contributed by atoms with Gasteiger partial charge in [-0.15, -0.1) is 0 Å². The molecule has 2 N–H and O–H groups in total. The number of carbonyl (C=O) groups is 2. The van der Waals surface area contributed by atoms with Crippen LogP contribution in [-0.4, -0.2) is 31.7 Å². The summed E-state index contributed by atoms with van der Waals surface area (Å²) in [5.74, 6) is -0.120. The van der Waals surface area contributed by atoms with E-state index in [1.54, 1.807) is 12.1 Å². The van der Waals surface area contributed by atoms with E-state index in [4.69, 9.17) is 0 Å². The number of nitrogens with zero attached hydrogens (tertiary/aromatic N) is 1. The first-order valence-electron chi connectivity index (χ1n) is 9.03. The molecule has 0 heterocycles. The molecular weight excluding hydrogens is 342 g/mol. The SMILES string of the molecule is CCN(c1ccc(C(=O)NCc2ccc(NC(=O)OC)cc2)cc1)C(C)C. The van der Waals surface area contributed by atoms with E-state index in [9.17, 15) is 9.59 Å². The molecule has 0 aliphatic heterocycles. The van der Waals surface area contributed by atoms with E-state index in [2.05, 4.69) is 41.0 Å². The van der Waals surface area contributed by atoms with Crippen LogP contribution in [0, 0.1) is 0 Å². The lowest BCUT2D eigenvalue weighted by Gasteiger charge is -2.27. The fourth-order valence-electron chi connectivity index (χ4n) is 2.81. The Labute approximate surface area is 160 Å². The maximum atomic E-state index is 12.4. The summed E-state index contributed by atoms with van der Waals surface area (Å²) in [6, 6.07) is 15.3.